The molecule has 1 heterocycles. The molecule has 2 fully saturated rings. The molecule has 3 atom stereocenters. The van der Waals surface area contributed by atoms with Crippen LogP contribution in [0.1, 0.15) is 33.1 Å². The van der Waals surface area contributed by atoms with Crippen LogP contribution in [-0.2, 0) is 9.47 Å². The first-order valence-electron chi connectivity index (χ1n) is 6.87. The Bertz CT molecular complexity index is 250. The lowest BCUT2D eigenvalue weighted by Crippen LogP contribution is -2.63. The van der Waals surface area contributed by atoms with E-state index in [0.29, 0.717) is 18.7 Å². The lowest BCUT2D eigenvalue weighted by molar-refractivity contribution is -0.110. The molecule has 0 spiro atoms. The number of hydrogen-bond acceptors (Lipinski definition) is 4. The standard InChI is InChI=1S/C13H26N2O2/c1-3-16-10-13(2,9-14)15-7-8-17-12-6-4-5-11(12)15/h11-12H,3-10,14H2,1-2H3. The van der Waals surface area contributed by atoms with Gasteiger partial charge in [-0.1, -0.05) is 0 Å². The average Bonchev–Trinajstić information content (AvgIpc) is 2.83. The number of morpholine rings is 1. The summed E-state index contributed by atoms with van der Waals surface area (Å²) < 4.78 is 11.5. The summed E-state index contributed by atoms with van der Waals surface area (Å²) in [5, 5.41) is 0. The van der Waals surface area contributed by atoms with Crippen LogP contribution in [0.2, 0.25) is 0 Å². The minimum absolute atomic E-state index is 0.0347. The third-order valence-corrected chi connectivity index (χ3v) is 4.23. The van der Waals surface area contributed by atoms with Gasteiger partial charge >= 0.3 is 0 Å². The van der Waals surface area contributed by atoms with E-state index in [9.17, 15) is 0 Å². The molecule has 2 aliphatic rings. The van der Waals surface area contributed by atoms with E-state index < -0.39 is 0 Å². The van der Waals surface area contributed by atoms with Gasteiger partial charge in [0, 0.05) is 25.7 Å². The van der Waals surface area contributed by atoms with E-state index >= 15 is 0 Å². The van der Waals surface area contributed by atoms with Gasteiger partial charge in [0.1, 0.15) is 0 Å². The van der Waals surface area contributed by atoms with Crippen molar-refractivity contribution in [1.29, 1.82) is 0 Å². The number of nitrogens with zero attached hydrogens (tertiary/aromatic N) is 1. The summed E-state index contributed by atoms with van der Waals surface area (Å²) in [6, 6.07) is 0.553. The van der Waals surface area contributed by atoms with Crippen molar-refractivity contribution < 1.29 is 9.47 Å². The minimum atomic E-state index is -0.0347. The second-order valence-corrected chi connectivity index (χ2v) is 5.44. The molecule has 0 aromatic carbocycles. The largest absolute Gasteiger partial charge is 0.380 e. The smallest absolute Gasteiger partial charge is 0.0731 e. The van der Waals surface area contributed by atoms with E-state index in [1.807, 2.05) is 6.92 Å². The van der Waals surface area contributed by atoms with E-state index in [2.05, 4.69) is 11.8 Å². The van der Waals surface area contributed by atoms with Crippen molar-refractivity contribution in [2.45, 2.75) is 50.8 Å². The molecule has 0 amide bonds. The van der Waals surface area contributed by atoms with E-state index in [4.69, 9.17) is 15.2 Å². The Hall–Kier alpha value is -0.160. The average molecular weight is 242 g/mol. The van der Waals surface area contributed by atoms with Gasteiger partial charge in [0.15, 0.2) is 0 Å². The highest BCUT2D eigenvalue weighted by molar-refractivity contribution is 4.98. The summed E-state index contributed by atoms with van der Waals surface area (Å²) in [5.74, 6) is 0. The molecule has 0 aromatic rings. The second kappa shape index (κ2) is 5.65. The lowest BCUT2D eigenvalue weighted by Gasteiger charge is -2.48. The number of nitrogens with two attached hydrogens (primary N) is 1. The Morgan fingerprint density at radius 2 is 2.29 bits per heavy atom. The van der Waals surface area contributed by atoms with Crippen molar-refractivity contribution in [3.63, 3.8) is 0 Å². The van der Waals surface area contributed by atoms with Crippen LogP contribution in [0.5, 0.6) is 0 Å². The maximum Gasteiger partial charge on any atom is 0.0731 e. The van der Waals surface area contributed by atoms with Gasteiger partial charge in [-0.15, -0.1) is 0 Å². The van der Waals surface area contributed by atoms with Gasteiger partial charge in [-0.25, -0.2) is 0 Å². The number of hydrogen-bond donors (Lipinski definition) is 1. The van der Waals surface area contributed by atoms with Crippen molar-refractivity contribution in [3.05, 3.63) is 0 Å². The van der Waals surface area contributed by atoms with Crippen molar-refractivity contribution in [1.82, 2.24) is 4.90 Å². The second-order valence-electron chi connectivity index (χ2n) is 5.44. The Kier molecular flexibility index (Phi) is 4.42. The van der Waals surface area contributed by atoms with Crippen molar-refractivity contribution >= 4 is 0 Å². The molecular formula is C13H26N2O2. The van der Waals surface area contributed by atoms with Crippen LogP contribution < -0.4 is 5.73 Å². The quantitative estimate of drug-likeness (QED) is 0.781. The Balaban J connectivity index is 2.06. The van der Waals surface area contributed by atoms with Crippen LogP contribution in [0.3, 0.4) is 0 Å². The molecule has 0 aromatic heterocycles. The normalized spacial score (nSPS) is 33.4. The van der Waals surface area contributed by atoms with Crippen LogP contribution in [0.4, 0.5) is 0 Å². The first-order chi connectivity index (χ1) is 8.21. The third kappa shape index (κ3) is 2.65. The summed E-state index contributed by atoms with van der Waals surface area (Å²) >= 11 is 0. The molecule has 2 N–H and O–H groups in total. The Labute approximate surface area is 104 Å². The predicted molar refractivity (Wildman–Crippen MR) is 68.0 cm³/mol. The summed E-state index contributed by atoms with van der Waals surface area (Å²) in [6.07, 6.45) is 4.15. The SMILES string of the molecule is CCOCC(C)(CN)N1CCOC2CCCC21. The van der Waals surface area contributed by atoms with Crippen LogP contribution in [0, 0.1) is 0 Å². The topological polar surface area (TPSA) is 47.7 Å². The maximum atomic E-state index is 6.00. The first kappa shape index (κ1) is 13.3. The Morgan fingerprint density at radius 1 is 1.47 bits per heavy atom. The van der Waals surface area contributed by atoms with Crippen LogP contribution in [0.25, 0.3) is 0 Å². The lowest BCUT2D eigenvalue weighted by atomic mass is 9.96. The molecule has 0 bridgehead atoms. The zero-order valence-corrected chi connectivity index (χ0v) is 11.2. The molecular weight excluding hydrogens is 216 g/mol. The highest BCUT2D eigenvalue weighted by atomic mass is 16.5. The number of rotatable bonds is 5. The van der Waals surface area contributed by atoms with E-state index in [-0.39, 0.29) is 5.54 Å². The van der Waals surface area contributed by atoms with Crippen LogP contribution in [0.15, 0.2) is 0 Å². The van der Waals surface area contributed by atoms with Crippen molar-refractivity contribution in [2.24, 2.45) is 5.73 Å². The van der Waals surface area contributed by atoms with Gasteiger partial charge < -0.3 is 15.2 Å². The van der Waals surface area contributed by atoms with E-state index in [1.54, 1.807) is 0 Å². The molecule has 2 rings (SSSR count). The fourth-order valence-electron chi connectivity index (χ4n) is 3.18. The maximum absolute atomic E-state index is 6.00. The monoisotopic (exact) mass is 242 g/mol. The molecule has 1 saturated carbocycles. The fourth-order valence-corrected chi connectivity index (χ4v) is 3.18. The molecule has 1 aliphatic carbocycles. The van der Waals surface area contributed by atoms with Gasteiger partial charge in [-0.05, 0) is 33.1 Å². The van der Waals surface area contributed by atoms with Crippen LogP contribution in [-0.4, -0.2) is 55.5 Å². The molecule has 17 heavy (non-hydrogen) atoms. The molecule has 1 aliphatic heterocycles. The zero-order valence-electron chi connectivity index (χ0n) is 11.2. The van der Waals surface area contributed by atoms with E-state index in [0.717, 1.165) is 26.4 Å². The molecule has 100 valence electrons. The molecule has 0 radical (unpaired) electrons. The first-order valence-corrected chi connectivity index (χ1v) is 6.87. The summed E-state index contributed by atoms with van der Waals surface area (Å²) in [7, 11) is 0. The Morgan fingerprint density at radius 3 is 3.00 bits per heavy atom. The minimum Gasteiger partial charge on any atom is -0.380 e. The summed E-state index contributed by atoms with van der Waals surface area (Å²) in [6.45, 7) is 8.22. The van der Waals surface area contributed by atoms with Gasteiger partial charge in [-0.3, -0.25) is 4.90 Å². The van der Waals surface area contributed by atoms with E-state index in [1.165, 1.54) is 19.3 Å². The van der Waals surface area contributed by atoms with Gasteiger partial charge in [-0.2, -0.15) is 0 Å². The highest BCUT2D eigenvalue weighted by Gasteiger charge is 2.43. The predicted octanol–water partition coefficient (Wildman–Crippen LogP) is 0.994. The number of ether oxygens (including phenoxy) is 2. The van der Waals surface area contributed by atoms with Crippen molar-refractivity contribution in [2.75, 3.05) is 32.9 Å². The van der Waals surface area contributed by atoms with Crippen molar-refractivity contribution in [3.8, 4) is 0 Å². The van der Waals surface area contributed by atoms with Crippen LogP contribution >= 0.6 is 0 Å². The molecule has 4 heteroatoms. The fraction of sp³-hybridized carbons (Fsp3) is 1.00. The highest BCUT2D eigenvalue weighted by Crippen LogP contribution is 2.34. The van der Waals surface area contributed by atoms with Gasteiger partial charge in [0.25, 0.3) is 0 Å². The third-order valence-electron chi connectivity index (χ3n) is 4.23. The summed E-state index contributed by atoms with van der Waals surface area (Å²) in [5.41, 5.74) is 5.96. The van der Waals surface area contributed by atoms with Gasteiger partial charge in [0.05, 0.1) is 24.9 Å². The summed E-state index contributed by atoms with van der Waals surface area (Å²) in [4.78, 5) is 2.55. The zero-order chi connectivity index (χ0) is 12.3. The molecule has 3 unspecified atom stereocenters. The number of fused-ring (bicyclic) bond motifs is 1. The molecule has 4 nitrogen and oxygen atoms in total. The van der Waals surface area contributed by atoms with Gasteiger partial charge in [0.2, 0.25) is 0 Å². The molecule has 1 saturated heterocycles.